The fourth-order valence-corrected chi connectivity index (χ4v) is 1.92. The summed E-state index contributed by atoms with van der Waals surface area (Å²) >= 11 is 0. The molecule has 0 saturated heterocycles. The van der Waals surface area contributed by atoms with Crippen molar-refractivity contribution in [1.29, 1.82) is 0 Å². The Balaban J connectivity index is 1.64. The summed E-state index contributed by atoms with van der Waals surface area (Å²) in [5, 5.41) is 6.59. The van der Waals surface area contributed by atoms with E-state index in [-0.39, 0.29) is 5.91 Å². The van der Waals surface area contributed by atoms with Gasteiger partial charge in [0, 0.05) is 31.5 Å². The molecule has 0 bridgehead atoms. The highest BCUT2D eigenvalue weighted by atomic mass is 16.5. The first-order valence-corrected chi connectivity index (χ1v) is 6.35. The largest absolute Gasteiger partial charge is 0.345 e. The van der Waals surface area contributed by atoms with E-state index in [4.69, 9.17) is 4.52 Å². The third kappa shape index (κ3) is 2.81. The van der Waals surface area contributed by atoms with Crippen LogP contribution in [0.5, 0.6) is 0 Å². The summed E-state index contributed by atoms with van der Waals surface area (Å²) in [5.41, 5.74) is 1.84. The lowest BCUT2D eigenvalue weighted by Gasteiger charge is -2.05. The zero-order valence-electron chi connectivity index (χ0n) is 11.4. The minimum Gasteiger partial charge on any atom is -0.345 e. The molecule has 3 rings (SSSR count). The number of aromatic nitrogens is 4. The van der Waals surface area contributed by atoms with Gasteiger partial charge >= 0.3 is 0 Å². The smallest absolute Gasteiger partial charge is 0.287 e. The van der Waals surface area contributed by atoms with Crippen LogP contribution >= 0.6 is 0 Å². The maximum absolute atomic E-state index is 11.9. The van der Waals surface area contributed by atoms with Gasteiger partial charge in [-0.3, -0.25) is 4.79 Å². The summed E-state index contributed by atoms with van der Waals surface area (Å²) in [5.74, 6) is 0.724. The number of hydrogen-bond acceptors (Lipinski definition) is 5. The van der Waals surface area contributed by atoms with E-state index in [0.717, 1.165) is 11.1 Å². The highest BCUT2D eigenvalue weighted by molar-refractivity contribution is 5.90. The molecule has 2 aromatic heterocycles. The Morgan fingerprint density at radius 3 is 2.71 bits per heavy atom. The van der Waals surface area contributed by atoms with E-state index >= 15 is 0 Å². The molecule has 1 N–H and O–H groups in total. The minimum absolute atomic E-state index is 0.204. The molecule has 3 aromatic rings. The fourth-order valence-electron chi connectivity index (χ4n) is 1.92. The summed E-state index contributed by atoms with van der Waals surface area (Å²) in [6.07, 6.45) is 4.61. The highest BCUT2D eigenvalue weighted by Crippen LogP contribution is 2.14. The standard InChI is InChI=1S/C14H13N5O2/c1-19-7-6-15-13(19)14(20)16-8-10-2-4-11(5-3-10)12-17-9-21-18-12/h2-7,9H,8H2,1H3,(H,16,20). The van der Waals surface area contributed by atoms with Crippen molar-refractivity contribution in [3.05, 3.63) is 54.4 Å². The molecule has 2 heterocycles. The summed E-state index contributed by atoms with van der Waals surface area (Å²) in [6.45, 7) is 0.429. The van der Waals surface area contributed by atoms with Gasteiger partial charge in [0.2, 0.25) is 12.2 Å². The topological polar surface area (TPSA) is 85.8 Å². The molecule has 1 aromatic carbocycles. The number of benzene rings is 1. The van der Waals surface area contributed by atoms with Crippen molar-refractivity contribution < 1.29 is 9.32 Å². The molecule has 0 aliphatic heterocycles. The number of nitrogens with zero attached hydrogens (tertiary/aromatic N) is 4. The minimum atomic E-state index is -0.204. The lowest BCUT2D eigenvalue weighted by atomic mass is 10.1. The number of hydrogen-bond donors (Lipinski definition) is 1. The number of amides is 1. The Morgan fingerprint density at radius 1 is 1.29 bits per heavy atom. The van der Waals surface area contributed by atoms with Gasteiger partial charge in [0.15, 0.2) is 5.82 Å². The van der Waals surface area contributed by atoms with Gasteiger partial charge in [0.1, 0.15) is 0 Å². The molecule has 1 amide bonds. The lowest BCUT2D eigenvalue weighted by Crippen LogP contribution is -2.25. The molecule has 0 spiro atoms. The Hall–Kier alpha value is -2.96. The van der Waals surface area contributed by atoms with Crippen molar-refractivity contribution in [2.24, 2.45) is 7.05 Å². The molecule has 0 radical (unpaired) electrons. The van der Waals surface area contributed by atoms with Crippen LogP contribution in [-0.2, 0) is 13.6 Å². The molecule has 106 valence electrons. The molecular weight excluding hydrogens is 270 g/mol. The Kier molecular flexibility index (Phi) is 3.46. The second kappa shape index (κ2) is 5.58. The molecule has 21 heavy (non-hydrogen) atoms. The summed E-state index contributed by atoms with van der Waals surface area (Å²) < 4.78 is 6.38. The van der Waals surface area contributed by atoms with E-state index in [1.807, 2.05) is 24.3 Å². The van der Waals surface area contributed by atoms with E-state index in [0.29, 0.717) is 18.2 Å². The van der Waals surface area contributed by atoms with E-state index in [1.165, 1.54) is 6.39 Å². The first kappa shape index (κ1) is 13.0. The number of imidazole rings is 1. The van der Waals surface area contributed by atoms with Crippen molar-refractivity contribution >= 4 is 5.91 Å². The van der Waals surface area contributed by atoms with Gasteiger partial charge in [-0.2, -0.15) is 4.98 Å². The molecule has 0 unspecified atom stereocenters. The van der Waals surface area contributed by atoms with Gasteiger partial charge in [-0.25, -0.2) is 4.98 Å². The van der Waals surface area contributed by atoms with Crippen LogP contribution in [0.3, 0.4) is 0 Å². The second-order valence-corrected chi connectivity index (χ2v) is 4.50. The maximum Gasteiger partial charge on any atom is 0.287 e. The van der Waals surface area contributed by atoms with Crippen LogP contribution in [-0.4, -0.2) is 25.6 Å². The number of aryl methyl sites for hydroxylation is 1. The monoisotopic (exact) mass is 283 g/mol. The van der Waals surface area contributed by atoms with Gasteiger partial charge in [0.05, 0.1) is 0 Å². The van der Waals surface area contributed by atoms with Crippen molar-refractivity contribution in [2.75, 3.05) is 0 Å². The van der Waals surface area contributed by atoms with E-state index in [9.17, 15) is 4.79 Å². The van der Waals surface area contributed by atoms with E-state index in [1.54, 1.807) is 24.0 Å². The van der Waals surface area contributed by atoms with Crippen LogP contribution in [0.1, 0.15) is 16.2 Å². The molecule has 0 atom stereocenters. The fraction of sp³-hybridized carbons (Fsp3) is 0.143. The van der Waals surface area contributed by atoms with Crippen molar-refractivity contribution in [3.8, 4) is 11.4 Å². The summed E-state index contributed by atoms with van der Waals surface area (Å²) in [7, 11) is 1.78. The zero-order valence-corrected chi connectivity index (χ0v) is 11.4. The number of carbonyl (C=O) groups is 1. The van der Waals surface area contributed by atoms with E-state index < -0.39 is 0 Å². The average Bonchev–Trinajstić information content (AvgIpc) is 3.16. The highest BCUT2D eigenvalue weighted by Gasteiger charge is 2.10. The predicted octanol–water partition coefficient (Wildman–Crippen LogP) is 1.40. The van der Waals surface area contributed by atoms with Gasteiger partial charge in [0.25, 0.3) is 5.91 Å². The van der Waals surface area contributed by atoms with Crippen LogP contribution in [0, 0.1) is 0 Å². The van der Waals surface area contributed by atoms with Gasteiger partial charge in [-0.05, 0) is 5.56 Å². The molecule has 0 aliphatic rings. The van der Waals surface area contributed by atoms with Crippen molar-refractivity contribution in [3.63, 3.8) is 0 Å². The first-order chi connectivity index (χ1) is 10.2. The molecule has 0 saturated carbocycles. The molecular formula is C14H13N5O2. The average molecular weight is 283 g/mol. The third-order valence-corrected chi connectivity index (χ3v) is 3.05. The second-order valence-electron chi connectivity index (χ2n) is 4.50. The van der Waals surface area contributed by atoms with Crippen LogP contribution in [0.25, 0.3) is 11.4 Å². The van der Waals surface area contributed by atoms with Crippen LogP contribution in [0.4, 0.5) is 0 Å². The van der Waals surface area contributed by atoms with Gasteiger partial charge in [-0.1, -0.05) is 29.4 Å². The zero-order chi connectivity index (χ0) is 14.7. The SMILES string of the molecule is Cn1ccnc1C(=O)NCc1ccc(-c2ncon2)cc1. The van der Waals surface area contributed by atoms with Crippen LogP contribution in [0.2, 0.25) is 0 Å². The van der Waals surface area contributed by atoms with Gasteiger partial charge in [-0.15, -0.1) is 0 Å². The van der Waals surface area contributed by atoms with Crippen LogP contribution in [0.15, 0.2) is 47.6 Å². The van der Waals surface area contributed by atoms with Gasteiger partial charge < -0.3 is 14.4 Å². The Labute approximate surface area is 120 Å². The Bertz CT molecular complexity index is 731. The maximum atomic E-state index is 11.9. The number of carbonyl (C=O) groups excluding carboxylic acids is 1. The normalized spacial score (nSPS) is 10.5. The predicted molar refractivity (Wildman–Crippen MR) is 74.1 cm³/mol. The van der Waals surface area contributed by atoms with E-state index in [2.05, 4.69) is 20.4 Å². The number of rotatable bonds is 4. The molecule has 7 heteroatoms. The van der Waals surface area contributed by atoms with Crippen molar-refractivity contribution in [2.45, 2.75) is 6.54 Å². The molecule has 0 fully saturated rings. The lowest BCUT2D eigenvalue weighted by molar-refractivity contribution is 0.0937. The van der Waals surface area contributed by atoms with Crippen molar-refractivity contribution in [1.82, 2.24) is 25.0 Å². The summed E-state index contributed by atoms with van der Waals surface area (Å²) in [6, 6.07) is 7.58. The quantitative estimate of drug-likeness (QED) is 0.782. The van der Waals surface area contributed by atoms with Crippen LogP contribution < -0.4 is 5.32 Å². The molecule has 0 aliphatic carbocycles. The summed E-state index contributed by atoms with van der Waals surface area (Å²) in [4.78, 5) is 19.9. The number of nitrogens with one attached hydrogen (secondary N) is 1. The third-order valence-electron chi connectivity index (χ3n) is 3.05. The first-order valence-electron chi connectivity index (χ1n) is 6.35. The molecule has 7 nitrogen and oxygen atoms in total. The Morgan fingerprint density at radius 2 is 2.10 bits per heavy atom.